The molecule has 2 aromatic rings. The van der Waals surface area contributed by atoms with Gasteiger partial charge in [-0.25, -0.2) is 4.68 Å². The van der Waals surface area contributed by atoms with Crippen LogP contribution in [-0.2, 0) is 5.54 Å². The van der Waals surface area contributed by atoms with Crippen LogP contribution in [0.3, 0.4) is 0 Å². The highest BCUT2D eigenvalue weighted by Crippen LogP contribution is 2.43. The minimum absolute atomic E-state index is 0.0698. The molecule has 2 aliphatic rings. The van der Waals surface area contributed by atoms with E-state index in [0.717, 1.165) is 36.9 Å². The van der Waals surface area contributed by atoms with Crippen molar-refractivity contribution in [2.75, 3.05) is 0 Å². The third kappa shape index (κ3) is 3.46. The Morgan fingerprint density at radius 3 is 2.70 bits per heavy atom. The van der Waals surface area contributed by atoms with E-state index in [-0.39, 0.29) is 11.9 Å². The molecule has 1 amide bonds. The molecule has 0 saturated heterocycles. The first-order valence-corrected chi connectivity index (χ1v) is 9.83. The predicted octanol–water partition coefficient (Wildman–Crippen LogP) is 3.65. The second-order valence-electron chi connectivity index (χ2n) is 7.90. The zero-order valence-corrected chi connectivity index (χ0v) is 15.7. The van der Waals surface area contributed by atoms with Crippen LogP contribution in [-0.4, -0.2) is 20.9 Å². The zero-order chi connectivity index (χ0) is 18.9. The van der Waals surface area contributed by atoms with Gasteiger partial charge in [0.25, 0.3) is 5.91 Å². The molecular formula is C21H25N5O. The van der Waals surface area contributed by atoms with Crippen LogP contribution in [0.5, 0.6) is 0 Å². The number of benzene rings is 1. The van der Waals surface area contributed by atoms with Crippen LogP contribution in [0.25, 0.3) is 0 Å². The van der Waals surface area contributed by atoms with E-state index in [1.165, 1.54) is 19.3 Å². The van der Waals surface area contributed by atoms with Crippen LogP contribution >= 0.6 is 0 Å². The van der Waals surface area contributed by atoms with E-state index >= 15 is 0 Å². The third-order valence-corrected chi connectivity index (χ3v) is 6.00. The molecule has 0 radical (unpaired) electrons. The Kier molecular flexibility index (Phi) is 4.69. The van der Waals surface area contributed by atoms with E-state index in [1.807, 2.05) is 37.4 Å². The lowest BCUT2D eigenvalue weighted by Gasteiger charge is -2.29. The standard InChI is InChI=1S/C21H25N5O/c1-15-7-5-6-10-17(15)20(27)23-19(16-8-3-2-4-9-16)18-13-26(25-24-18)21(14-22)11-12-21/h5-7,10,13,16,19H,2-4,8-9,11-12H2,1H3,(H,23,27). The lowest BCUT2D eigenvalue weighted by Crippen LogP contribution is -2.35. The molecule has 4 rings (SSSR count). The Labute approximate surface area is 159 Å². The number of nitrogens with one attached hydrogen (secondary N) is 1. The smallest absolute Gasteiger partial charge is 0.252 e. The number of hydrogen-bond donors (Lipinski definition) is 1. The average Bonchev–Trinajstić information content (AvgIpc) is 3.35. The van der Waals surface area contributed by atoms with Gasteiger partial charge in [0.05, 0.1) is 18.3 Å². The third-order valence-electron chi connectivity index (χ3n) is 6.00. The molecule has 2 saturated carbocycles. The fourth-order valence-electron chi connectivity index (χ4n) is 4.09. The van der Waals surface area contributed by atoms with Gasteiger partial charge >= 0.3 is 0 Å². The van der Waals surface area contributed by atoms with Gasteiger partial charge in [0.15, 0.2) is 5.54 Å². The summed E-state index contributed by atoms with van der Waals surface area (Å²) in [5.41, 5.74) is 1.90. The van der Waals surface area contributed by atoms with Gasteiger partial charge in [-0.05, 0) is 50.2 Å². The number of hydrogen-bond acceptors (Lipinski definition) is 4. The number of rotatable bonds is 5. The van der Waals surface area contributed by atoms with Crippen molar-refractivity contribution in [3.05, 3.63) is 47.3 Å². The minimum atomic E-state index is -0.525. The Hall–Kier alpha value is -2.68. The van der Waals surface area contributed by atoms with E-state index in [1.54, 1.807) is 4.68 Å². The molecule has 2 fully saturated rings. The highest BCUT2D eigenvalue weighted by molar-refractivity contribution is 5.95. The molecule has 6 heteroatoms. The monoisotopic (exact) mass is 363 g/mol. The van der Waals surface area contributed by atoms with E-state index in [9.17, 15) is 10.1 Å². The molecule has 1 atom stereocenters. The van der Waals surface area contributed by atoms with Gasteiger partial charge in [-0.3, -0.25) is 4.79 Å². The molecule has 27 heavy (non-hydrogen) atoms. The van der Waals surface area contributed by atoms with Crippen molar-refractivity contribution in [3.8, 4) is 6.07 Å². The number of nitrogens with zero attached hydrogens (tertiary/aromatic N) is 4. The molecule has 0 spiro atoms. The van der Waals surface area contributed by atoms with Gasteiger partial charge in [0.2, 0.25) is 0 Å². The van der Waals surface area contributed by atoms with Crippen molar-refractivity contribution in [2.45, 2.75) is 63.5 Å². The topological polar surface area (TPSA) is 83.6 Å². The number of nitriles is 1. The number of aromatic nitrogens is 3. The average molecular weight is 363 g/mol. The molecule has 2 aliphatic carbocycles. The molecule has 6 nitrogen and oxygen atoms in total. The van der Waals surface area contributed by atoms with Gasteiger partial charge < -0.3 is 5.32 Å². The summed E-state index contributed by atoms with van der Waals surface area (Å²) in [7, 11) is 0. The van der Waals surface area contributed by atoms with Gasteiger partial charge in [-0.1, -0.05) is 42.7 Å². The van der Waals surface area contributed by atoms with E-state index in [4.69, 9.17) is 0 Å². The highest BCUT2D eigenvalue weighted by Gasteiger charge is 2.47. The number of carbonyl (C=O) groups excluding carboxylic acids is 1. The first-order chi connectivity index (χ1) is 13.1. The molecule has 0 bridgehead atoms. The lowest BCUT2D eigenvalue weighted by atomic mass is 9.82. The van der Waals surface area contributed by atoms with E-state index in [0.29, 0.717) is 11.5 Å². The van der Waals surface area contributed by atoms with Crippen molar-refractivity contribution in [3.63, 3.8) is 0 Å². The Morgan fingerprint density at radius 2 is 2.04 bits per heavy atom. The summed E-state index contributed by atoms with van der Waals surface area (Å²) in [4.78, 5) is 12.9. The second kappa shape index (κ2) is 7.15. The quantitative estimate of drug-likeness (QED) is 0.879. The predicted molar refractivity (Wildman–Crippen MR) is 101 cm³/mol. The van der Waals surface area contributed by atoms with Crippen molar-refractivity contribution < 1.29 is 4.79 Å². The largest absolute Gasteiger partial charge is 0.343 e. The Balaban J connectivity index is 1.61. The van der Waals surface area contributed by atoms with Crippen LogP contribution in [0.2, 0.25) is 0 Å². The molecular weight excluding hydrogens is 338 g/mol. The van der Waals surface area contributed by atoms with Gasteiger partial charge in [0.1, 0.15) is 5.69 Å². The second-order valence-corrected chi connectivity index (χ2v) is 7.90. The SMILES string of the molecule is Cc1ccccc1C(=O)NC(c1cn(C2(C#N)CC2)nn1)C1CCCCC1. The number of carbonyl (C=O) groups is 1. The van der Waals surface area contributed by atoms with Crippen LogP contribution in [0.1, 0.15) is 72.6 Å². The summed E-state index contributed by atoms with van der Waals surface area (Å²) < 4.78 is 1.69. The summed E-state index contributed by atoms with van der Waals surface area (Å²) in [6.45, 7) is 1.95. The fraction of sp³-hybridized carbons (Fsp3) is 0.524. The maximum Gasteiger partial charge on any atom is 0.252 e. The Bertz CT molecular complexity index is 871. The van der Waals surface area contributed by atoms with E-state index < -0.39 is 5.54 Å². The summed E-state index contributed by atoms with van der Waals surface area (Å²) in [5.74, 6) is 0.286. The molecule has 1 N–H and O–H groups in total. The first kappa shape index (κ1) is 17.7. The maximum absolute atomic E-state index is 12.9. The molecule has 1 aromatic carbocycles. The summed E-state index contributed by atoms with van der Waals surface area (Å²) in [5, 5.41) is 21.2. The lowest BCUT2D eigenvalue weighted by molar-refractivity contribution is 0.0910. The minimum Gasteiger partial charge on any atom is -0.343 e. The van der Waals surface area contributed by atoms with Gasteiger partial charge in [-0.2, -0.15) is 5.26 Å². The Morgan fingerprint density at radius 1 is 1.30 bits per heavy atom. The van der Waals surface area contributed by atoms with Crippen molar-refractivity contribution in [1.82, 2.24) is 20.3 Å². The highest BCUT2D eigenvalue weighted by atomic mass is 16.1. The van der Waals surface area contributed by atoms with Crippen LogP contribution in [0, 0.1) is 24.2 Å². The van der Waals surface area contributed by atoms with Gasteiger partial charge in [0, 0.05) is 5.56 Å². The fourth-order valence-corrected chi connectivity index (χ4v) is 4.09. The normalized spacial score (nSPS) is 19.9. The molecule has 1 aromatic heterocycles. The molecule has 140 valence electrons. The summed E-state index contributed by atoms with van der Waals surface area (Å²) in [6.07, 6.45) is 9.26. The van der Waals surface area contributed by atoms with Crippen LogP contribution in [0.4, 0.5) is 0 Å². The first-order valence-electron chi connectivity index (χ1n) is 9.83. The summed E-state index contributed by atoms with van der Waals surface area (Å²) in [6, 6.07) is 9.81. The maximum atomic E-state index is 12.9. The molecule has 1 unspecified atom stereocenters. The molecule has 1 heterocycles. The number of aryl methyl sites for hydroxylation is 1. The van der Waals surface area contributed by atoms with Crippen molar-refractivity contribution in [1.29, 1.82) is 5.26 Å². The van der Waals surface area contributed by atoms with E-state index in [2.05, 4.69) is 21.7 Å². The van der Waals surface area contributed by atoms with Crippen molar-refractivity contribution >= 4 is 5.91 Å². The van der Waals surface area contributed by atoms with Gasteiger partial charge in [-0.15, -0.1) is 5.10 Å². The van der Waals surface area contributed by atoms with Crippen LogP contribution in [0.15, 0.2) is 30.5 Å². The van der Waals surface area contributed by atoms with Crippen molar-refractivity contribution in [2.24, 2.45) is 5.92 Å². The number of amides is 1. The zero-order valence-electron chi connectivity index (χ0n) is 15.7. The summed E-state index contributed by atoms with van der Waals surface area (Å²) >= 11 is 0. The van der Waals surface area contributed by atoms with Crippen LogP contribution < -0.4 is 5.32 Å². The molecule has 0 aliphatic heterocycles.